The molecule has 0 unspecified atom stereocenters. The third kappa shape index (κ3) is 2.89. The Morgan fingerprint density at radius 2 is 2.00 bits per heavy atom. The number of hydrogen-bond donors (Lipinski definition) is 0. The van der Waals surface area contributed by atoms with E-state index in [4.69, 9.17) is 23.2 Å². The van der Waals surface area contributed by atoms with Crippen molar-refractivity contribution in [3.05, 3.63) is 21.3 Å². The van der Waals surface area contributed by atoms with Gasteiger partial charge in [-0.15, -0.1) is 22.9 Å². The fourth-order valence-corrected chi connectivity index (χ4v) is 3.80. The van der Waals surface area contributed by atoms with Crippen LogP contribution in [-0.2, 0) is 6.42 Å². The lowest BCUT2D eigenvalue weighted by Crippen LogP contribution is -2.28. The first kappa shape index (κ1) is 11.8. The van der Waals surface area contributed by atoms with Crippen molar-refractivity contribution in [1.82, 2.24) is 0 Å². The summed E-state index contributed by atoms with van der Waals surface area (Å²) in [5, 5.41) is 2.17. The Morgan fingerprint density at radius 3 is 2.53 bits per heavy atom. The summed E-state index contributed by atoms with van der Waals surface area (Å²) in [6, 6.07) is 2.09. The quantitative estimate of drug-likeness (QED) is 0.663. The van der Waals surface area contributed by atoms with Crippen molar-refractivity contribution in [2.45, 2.75) is 38.5 Å². The van der Waals surface area contributed by atoms with Gasteiger partial charge in [-0.05, 0) is 41.7 Å². The van der Waals surface area contributed by atoms with Crippen molar-refractivity contribution in [3.63, 3.8) is 0 Å². The van der Waals surface area contributed by atoms with Crippen molar-refractivity contribution in [3.8, 4) is 0 Å². The minimum Gasteiger partial charge on any atom is -0.132 e. The highest BCUT2D eigenvalue weighted by Crippen LogP contribution is 2.41. The van der Waals surface area contributed by atoms with Crippen LogP contribution in [0.2, 0.25) is 4.34 Å². The van der Waals surface area contributed by atoms with Crippen LogP contribution in [0.1, 0.15) is 37.7 Å². The van der Waals surface area contributed by atoms with Crippen LogP contribution in [0.15, 0.2) is 11.4 Å². The first-order valence-electron chi connectivity index (χ1n) is 5.53. The molecule has 3 heteroatoms. The van der Waals surface area contributed by atoms with Gasteiger partial charge in [0, 0.05) is 5.88 Å². The second kappa shape index (κ2) is 5.07. The largest absolute Gasteiger partial charge is 0.132 e. The lowest BCUT2D eigenvalue weighted by molar-refractivity contribution is 0.220. The molecule has 1 fully saturated rings. The fourth-order valence-electron chi connectivity index (χ4n) is 2.53. The van der Waals surface area contributed by atoms with Gasteiger partial charge >= 0.3 is 0 Å². The summed E-state index contributed by atoms with van der Waals surface area (Å²) in [4.78, 5) is 0. The molecular weight excluding hydrogens is 247 g/mol. The van der Waals surface area contributed by atoms with Gasteiger partial charge in [-0.1, -0.05) is 30.9 Å². The topological polar surface area (TPSA) is 0 Å². The Hall–Kier alpha value is 0.280. The van der Waals surface area contributed by atoms with Crippen molar-refractivity contribution in [2.24, 2.45) is 5.41 Å². The SMILES string of the molecule is ClCC1(Cc2csc(Cl)c2)CCCCC1. The molecular formula is C12H16Cl2S. The van der Waals surface area contributed by atoms with E-state index in [0.29, 0.717) is 5.41 Å². The molecule has 0 nitrogen and oxygen atoms in total. The molecule has 0 radical (unpaired) electrons. The maximum atomic E-state index is 6.16. The van der Waals surface area contributed by atoms with Crippen LogP contribution in [0.5, 0.6) is 0 Å². The van der Waals surface area contributed by atoms with Gasteiger partial charge in [-0.3, -0.25) is 0 Å². The number of alkyl halides is 1. The van der Waals surface area contributed by atoms with Crippen LogP contribution in [0, 0.1) is 5.41 Å². The van der Waals surface area contributed by atoms with Gasteiger partial charge in [0.05, 0.1) is 4.34 Å². The molecule has 1 saturated carbocycles. The average Bonchev–Trinajstić information content (AvgIpc) is 2.65. The van der Waals surface area contributed by atoms with Gasteiger partial charge in [0.25, 0.3) is 0 Å². The van der Waals surface area contributed by atoms with Gasteiger partial charge in [0.2, 0.25) is 0 Å². The molecule has 1 aromatic rings. The van der Waals surface area contributed by atoms with E-state index in [1.807, 2.05) is 0 Å². The number of halogens is 2. The maximum Gasteiger partial charge on any atom is 0.0931 e. The van der Waals surface area contributed by atoms with E-state index in [2.05, 4.69) is 11.4 Å². The minimum absolute atomic E-state index is 0.351. The zero-order chi connectivity index (χ0) is 10.7. The van der Waals surface area contributed by atoms with Crippen molar-refractivity contribution < 1.29 is 0 Å². The van der Waals surface area contributed by atoms with E-state index in [-0.39, 0.29) is 0 Å². The summed E-state index contributed by atoms with van der Waals surface area (Å²) in [5.41, 5.74) is 1.72. The minimum atomic E-state index is 0.351. The predicted octanol–water partition coefficient (Wildman–Crippen LogP) is 5.13. The van der Waals surface area contributed by atoms with Crippen molar-refractivity contribution in [1.29, 1.82) is 0 Å². The molecule has 0 atom stereocenters. The molecule has 84 valence electrons. The number of rotatable bonds is 3. The van der Waals surface area contributed by atoms with Gasteiger partial charge in [-0.25, -0.2) is 0 Å². The summed E-state index contributed by atoms with van der Waals surface area (Å²) in [5.74, 6) is 0.792. The first-order chi connectivity index (χ1) is 7.24. The molecule has 1 aromatic heterocycles. The third-order valence-electron chi connectivity index (χ3n) is 3.40. The molecule has 2 rings (SSSR count). The highest BCUT2D eigenvalue weighted by Gasteiger charge is 2.31. The van der Waals surface area contributed by atoms with Crippen LogP contribution < -0.4 is 0 Å². The van der Waals surface area contributed by atoms with Gasteiger partial charge in [-0.2, -0.15) is 0 Å². The van der Waals surface area contributed by atoms with E-state index in [1.54, 1.807) is 11.3 Å². The van der Waals surface area contributed by atoms with Crippen molar-refractivity contribution in [2.75, 3.05) is 5.88 Å². The van der Waals surface area contributed by atoms with Crippen molar-refractivity contribution >= 4 is 34.5 Å². The standard InChI is InChI=1S/C12H16Cl2S/c13-9-12(4-2-1-3-5-12)7-10-6-11(14)15-8-10/h6,8H,1-5,7,9H2. The van der Waals surface area contributed by atoms with Gasteiger partial charge < -0.3 is 0 Å². The Bertz CT molecular complexity index is 313. The van der Waals surface area contributed by atoms with Gasteiger partial charge in [0.15, 0.2) is 0 Å². The summed E-state index contributed by atoms with van der Waals surface area (Å²) in [7, 11) is 0. The lowest BCUT2D eigenvalue weighted by atomic mass is 9.72. The molecule has 0 N–H and O–H groups in total. The summed E-state index contributed by atoms with van der Waals surface area (Å²) in [6.45, 7) is 0. The van der Waals surface area contributed by atoms with Crippen LogP contribution in [0.4, 0.5) is 0 Å². The molecule has 1 aliphatic rings. The molecule has 0 bridgehead atoms. The van der Waals surface area contributed by atoms with Crippen LogP contribution in [-0.4, -0.2) is 5.88 Å². The monoisotopic (exact) mass is 262 g/mol. The Labute approximate surface area is 106 Å². The normalized spacial score (nSPS) is 20.4. The highest BCUT2D eigenvalue weighted by molar-refractivity contribution is 7.14. The third-order valence-corrected chi connectivity index (χ3v) is 5.11. The second-order valence-electron chi connectivity index (χ2n) is 4.63. The molecule has 0 saturated heterocycles. The first-order valence-corrected chi connectivity index (χ1v) is 7.32. The molecule has 1 heterocycles. The van der Waals surface area contributed by atoms with Crippen LogP contribution >= 0.6 is 34.5 Å². The lowest BCUT2D eigenvalue weighted by Gasteiger charge is -2.35. The molecule has 0 spiro atoms. The van der Waals surface area contributed by atoms with E-state index in [9.17, 15) is 0 Å². The Kier molecular flexibility index (Phi) is 3.98. The van der Waals surface area contributed by atoms with Crippen LogP contribution in [0.3, 0.4) is 0 Å². The number of hydrogen-bond acceptors (Lipinski definition) is 1. The predicted molar refractivity (Wildman–Crippen MR) is 69.3 cm³/mol. The highest BCUT2D eigenvalue weighted by atomic mass is 35.5. The molecule has 0 aromatic carbocycles. The zero-order valence-corrected chi connectivity index (χ0v) is 11.1. The zero-order valence-electron chi connectivity index (χ0n) is 8.77. The summed E-state index contributed by atoms with van der Waals surface area (Å²) < 4.78 is 0.894. The summed E-state index contributed by atoms with van der Waals surface area (Å²) in [6.07, 6.45) is 7.73. The van der Waals surface area contributed by atoms with E-state index < -0.39 is 0 Å². The van der Waals surface area contributed by atoms with E-state index in [1.165, 1.54) is 37.7 Å². The smallest absolute Gasteiger partial charge is 0.0931 e. The second-order valence-corrected chi connectivity index (χ2v) is 6.44. The molecule has 0 aliphatic heterocycles. The molecule has 15 heavy (non-hydrogen) atoms. The van der Waals surface area contributed by atoms with E-state index >= 15 is 0 Å². The Morgan fingerprint density at radius 1 is 1.27 bits per heavy atom. The molecule has 1 aliphatic carbocycles. The Balaban J connectivity index is 2.06. The summed E-state index contributed by atoms with van der Waals surface area (Å²) >= 11 is 13.7. The van der Waals surface area contributed by atoms with Crippen LogP contribution in [0.25, 0.3) is 0 Å². The molecule has 0 amide bonds. The van der Waals surface area contributed by atoms with E-state index in [0.717, 1.165) is 16.6 Å². The fraction of sp³-hybridized carbons (Fsp3) is 0.667. The van der Waals surface area contributed by atoms with Gasteiger partial charge in [0.1, 0.15) is 0 Å². The maximum absolute atomic E-state index is 6.16. The average molecular weight is 263 g/mol. The number of thiophene rings is 1.